The summed E-state index contributed by atoms with van der Waals surface area (Å²) in [6, 6.07) is 0.820. The maximum absolute atomic E-state index is 12.1. The highest BCUT2D eigenvalue weighted by Gasteiger charge is 2.42. The van der Waals surface area contributed by atoms with Crippen LogP contribution in [0.25, 0.3) is 0 Å². The molecule has 0 aromatic rings. The third kappa shape index (κ3) is 3.58. The molecule has 3 rings (SSSR count). The summed E-state index contributed by atoms with van der Waals surface area (Å²) in [4.78, 5) is 16.8. The predicted molar refractivity (Wildman–Crippen MR) is 82.1 cm³/mol. The van der Waals surface area contributed by atoms with E-state index in [1.54, 1.807) is 7.11 Å². The summed E-state index contributed by atoms with van der Waals surface area (Å²) in [7, 11) is 1.68. The molecule has 120 valence electrons. The van der Waals surface area contributed by atoms with Gasteiger partial charge in [-0.15, -0.1) is 0 Å². The molecule has 5 nitrogen and oxygen atoms in total. The van der Waals surface area contributed by atoms with E-state index in [1.807, 2.05) is 4.90 Å². The van der Waals surface area contributed by atoms with E-state index >= 15 is 0 Å². The summed E-state index contributed by atoms with van der Waals surface area (Å²) in [5, 5.41) is 3.14. The first-order valence-electron chi connectivity index (χ1n) is 8.49. The summed E-state index contributed by atoms with van der Waals surface area (Å²) in [6.07, 6.45) is 5.79. The number of nitrogens with one attached hydrogen (secondary N) is 1. The molecule has 21 heavy (non-hydrogen) atoms. The molecule has 3 fully saturated rings. The molecule has 1 saturated heterocycles. The normalized spacial score (nSPS) is 32.8. The van der Waals surface area contributed by atoms with Gasteiger partial charge in [0.1, 0.15) is 0 Å². The molecule has 5 heteroatoms. The highest BCUT2D eigenvalue weighted by Crippen LogP contribution is 2.46. The van der Waals surface area contributed by atoms with Crippen LogP contribution < -0.4 is 5.32 Å². The van der Waals surface area contributed by atoms with Crippen molar-refractivity contribution in [2.45, 2.75) is 31.7 Å². The first kappa shape index (κ1) is 15.3. The second kappa shape index (κ2) is 7.07. The molecule has 1 heterocycles. The van der Waals surface area contributed by atoms with Crippen LogP contribution in [-0.2, 0) is 9.53 Å². The number of hydrogen-bond acceptors (Lipinski definition) is 4. The fourth-order valence-electron chi connectivity index (χ4n) is 4.44. The molecule has 3 atom stereocenters. The van der Waals surface area contributed by atoms with Crippen molar-refractivity contribution in [3.05, 3.63) is 0 Å². The van der Waals surface area contributed by atoms with Gasteiger partial charge in [0.05, 0.1) is 13.2 Å². The van der Waals surface area contributed by atoms with Crippen molar-refractivity contribution in [1.29, 1.82) is 0 Å². The van der Waals surface area contributed by atoms with Gasteiger partial charge in [-0.2, -0.15) is 0 Å². The number of carbonyl (C=O) groups excluding carboxylic acids is 1. The summed E-state index contributed by atoms with van der Waals surface area (Å²) in [5.74, 6) is 2.19. The van der Waals surface area contributed by atoms with E-state index in [9.17, 15) is 4.79 Å². The van der Waals surface area contributed by atoms with Gasteiger partial charge in [-0.25, -0.2) is 0 Å². The van der Waals surface area contributed by atoms with Crippen LogP contribution in [0, 0.1) is 11.8 Å². The van der Waals surface area contributed by atoms with E-state index < -0.39 is 0 Å². The molecule has 1 N–H and O–H groups in total. The van der Waals surface area contributed by atoms with Gasteiger partial charge < -0.3 is 15.0 Å². The Hall–Kier alpha value is -0.650. The maximum atomic E-state index is 12.1. The number of amides is 1. The average Bonchev–Trinajstić information content (AvgIpc) is 3.14. The Bertz CT molecular complexity index is 355. The molecule has 0 aromatic carbocycles. The van der Waals surface area contributed by atoms with Gasteiger partial charge >= 0.3 is 0 Å². The Labute approximate surface area is 128 Å². The Morgan fingerprint density at radius 1 is 1.19 bits per heavy atom. The van der Waals surface area contributed by atoms with Gasteiger partial charge in [0.15, 0.2) is 0 Å². The van der Waals surface area contributed by atoms with E-state index in [2.05, 4.69) is 10.2 Å². The smallest absolute Gasteiger partial charge is 0.236 e. The van der Waals surface area contributed by atoms with Crippen LogP contribution in [0.4, 0.5) is 0 Å². The fraction of sp³-hybridized carbons (Fsp3) is 0.938. The van der Waals surface area contributed by atoms with E-state index in [4.69, 9.17) is 4.74 Å². The topological polar surface area (TPSA) is 44.8 Å². The first-order chi connectivity index (χ1) is 10.3. The Morgan fingerprint density at radius 2 is 2.00 bits per heavy atom. The standard InChI is InChI=1S/C16H29N3O2/c1-21-9-4-17-12-16(20)19-7-5-18(6-8-19)15-11-13-2-3-14(15)10-13/h13-15,17H,2-12H2,1H3. The summed E-state index contributed by atoms with van der Waals surface area (Å²) in [5.41, 5.74) is 0. The Kier molecular flexibility index (Phi) is 5.14. The number of carbonyl (C=O) groups is 1. The average molecular weight is 295 g/mol. The van der Waals surface area contributed by atoms with Gasteiger partial charge in [-0.05, 0) is 31.1 Å². The third-order valence-corrected chi connectivity index (χ3v) is 5.60. The van der Waals surface area contributed by atoms with Gasteiger partial charge in [-0.1, -0.05) is 6.42 Å². The lowest BCUT2D eigenvalue weighted by atomic mass is 9.93. The Balaban J connectivity index is 1.38. The quantitative estimate of drug-likeness (QED) is 0.727. The molecular weight excluding hydrogens is 266 g/mol. The van der Waals surface area contributed by atoms with Crippen LogP contribution in [-0.4, -0.2) is 74.7 Å². The minimum absolute atomic E-state index is 0.235. The van der Waals surface area contributed by atoms with E-state index in [1.165, 1.54) is 25.7 Å². The van der Waals surface area contributed by atoms with E-state index in [0.717, 1.165) is 50.6 Å². The van der Waals surface area contributed by atoms with Crippen LogP contribution in [0.5, 0.6) is 0 Å². The van der Waals surface area contributed by atoms with Gasteiger partial charge in [0.25, 0.3) is 0 Å². The van der Waals surface area contributed by atoms with Crippen LogP contribution >= 0.6 is 0 Å². The molecular formula is C16H29N3O2. The van der Waals surface area contributed by atoms with Gasteiger partial charge in [0, 0.05) is 45.9 Å². The molecule has 1 amide bonds. The van der Waals surface area contributed by atoms with Crippen molar-refractivity contribution in [3.8, 4) is 0 Å². The summed E-state index contributed by atoms with van der Waals surface area (Å²) >= 11 is 0. The molecule has 1 aliphatic heterocycles. The van der Waals surface area contributed by atoms with E-state index in [-0.39, 0.29) is 5.91 Å². The lowest BCUT2D eigenvalue weighted by Crippen LogP contribution is -2.54. The minimum Gasteiger partial charge on any atom is -0.383 e. The number of nitrogens with zero attached hydrogens (tertiary/aromatic N) is 2. The van der Waals surface area contributed by atoms with Crippen LogP contribution in [0.3, 0.4) is 0 Å². The molecule has 2 bridgehead atoms. The monoisotopic (exact) mass is 295 g/mol. The maximum Gasteiger partial charge on any atom is 0.236 e. The first-order valence-corrected chi connectivity index (χ1v) is 8.49. The van der Waals surface area contributed by atoms with Crippen LogP contribution in [0.15, 0.2) is 0 Å². The molecule has 3 aliphatic rings. The highest BCUT2D eigenvalue weighted by atomic mass is 16.5. The number of ether oxygens (including phenoxy) is 1. The second-order valence-corrected chi connectivity index (χ2v) is 6.83. The molecule has 2 aliphatic carbocycles. The van der Waals surface area contributed by atoms with Crippen LogP contribution in [0.1, 0.15) is 25.7 Å². The van der Waals surface area contributed by atoms with Crippen molar-refractivity contribution in [3.63, 3.8) is 0 Å². The van der Waals surface area contributed by atoms with E-state index in [0.29, 0.717) is 13.2 Å². The molecule has 0 spiro atoms. The molecule has 2 saturated carbocycles. The number of fused-ring (bicyclic) bond motifs is 2. The number of methoxy groups -OCH3 is 1. The largest absolute Gasteiger partial charge is 0.383 e. The zero-order chi connectivity index (χ0) is 14.7. The van der Waals surface area contributed by atoms with Crippen molar-refractivity contribution < 1.29 is 9.53 Å². The van der Waals surface area contributed by atoms with Crippen molar-refractivity contribution in [1.82, 2.24) is 15.1 Å². The summed E-state index contributed by atoms with van der Waals surface area (Å²) in [6.45, 7) is 5.78. The minimum atomic E-state index is 0.235. The van der Waals surface area contributed by atoms with Crippen molar-refractivity contribution in [2.24, 2.45) is 11.8 Å². The summed E-state index contributed by atoms with van der Waals surface area (Å²) < 4.78 is 4.97. The van der Waals surface area contributed by atoms with Gasteiger partial charge in [-0.3, -0.25) is 9.69 Å². The fourth-order valence-corrected chi connectivity index (χ4v) is 4.44. The third-order valence-electron chi connectivity index (χ3n) is 5.60. The molecule has 3 unspecified atom stereocenters. The number of hydrogen-bond donors (Lipinski definition) is 1. The zero-order valence-electron chi connectivity index (χ0n) is 13.2. The van der Waals surface area contributed by atoms with Crippen molar-refractivity contribution >= 4 is 5.91 Å². The lowest BCUT2D eigenvalue weighted by Gasteiger charge is -2.41. The lowest BCUT2D eigenvalue weighted by molar-refractivity contribution is -0.132. The second-order valence-electron chi connectivity index (χ2n) is 6.83. The number of rotatable bonds is 6. The number of piperazine rings is 1. The van der Waals surface area contributed by atoms with Gasteiger partial charge in [0.2, 0.25) is 5.91 Å². The zero-order valence-corrected chi connectivity index (χ0v) is 13.2. The van der Waals surface area contributed by atoms with Crippen molar-refractivity contribution in [2.75, 3.05) is 53.0 Å². The predicted octanol–water partition coefficient (Wildman–Crippen LogP) is 0.555. The Morgan fingerprint density at radius 3 is 2.62 bits per heavy atom. The highest BCUT2D eigenvalue weighted by molar-refractivity contribution is 5.78. The van der Waals surface area contributed by atoms with Crippen LogP contribution in [0.2, 0.25) is 0 Å². The molecule has 0 radical (unpaired) electrons. The molecule has 0 aromatic heterocycles. The SMILES string of the molecule is COCCNCC(=O)N1CCN(C2CC3CCC2C3)CC1.